The molecule has 1 aromatic carbocycles. The highest BCUT2D eigenvalue weighted by atomic mass is 35.5. The van der Waals surface area contributed by atoms with Crippen LogP contribution in [0.4, 0.5) is 5.69 Å². The van der Waals surface area contributed by atoms with Crippen LogP contribution in [-0.4, -0.2) is 10.2 Å². The van der Waals surface area contributed by atoms with Gasteiger partial charge in [0.05, 0.1) is 16.3 Å². The minimum atomic E-state index is -0.641. The molecule has 2 aromatic rings. The maximum Gasteiger partial charge on any atom is 0.294 e. The smallest absolute Gasteiger partial charge is 0.294 e. The molecule has 0 aliphatic carbocycles. The molecule has 0 amide bonds. The lowest BCUT2D eigenvalue weighted by atomic mass is 10.3. The van der Waals surface area contributed by atoms with Crippen LogP contribution in [0, 0.1) is 10.1 Å². The van der Waals surface area contributed by atoms with Crippen LogP contribution in [0.15, 0.2) is 28.9 Å². The first-order valence-electron chi connectivity index (χ1n) is 4.08. The number of aromatic nitrogens is 2. The van der Waals surface area contributed by atoms with Crippen molar-refractivity contribution in [3.05, 3.63) is 39.5 Å². The van der Waals surface area contributed by atoms with Gasteiger partial charge in [-0.25, -0.2) is 0 Å². The SMILES string of the molecule is O=[N+]([O-])c1cc(-[n+]2cc([O-])on2)ccc1Cl. The predicted molar refractivity (Wildman–Crippen MR) is 49.1 cm³/mol. The zero-order valence-corrected chi connectivity index (χ0v) is 8.42. The number of hydrogen-bond acceptors (Lipinski definition) is 5. The molecule has 1 aromatic heterocycles. The molecule has 1 heterocycles. The van der Waals surface area contributed by atoms with Crippen LogP contribution >= 0.6 is 11.6 Å². The molecule has 0 saturated carbocycles. The molecule has 2 rings (SSSR count). The summed E-state index contributed by atoms with van der Waals surface area (Å²) in [6.45, 7) is 0. The third kappa shape index (κ3) is 1.80. The number of benzene rings is 1. The highest BCUT2D eigenvalue weighted by Crippen LogP contribution is 2.24. The average molecular weight is 242 g/mol. The Labute approximate surface area is 93.6 Å². The second-order valence-corrected chi connectivity index (χ2v) is 3.27. The van der Waals surface area contributed by atoms with E-state index in [4.69, 9.17) is 11.6 Å². The third-order valence-corrected chi connectivity index (χ3v) is 2.16. The molecule has 0 N–H and O–H groups in total. The van der Waals surface area contributed by atoms with E-state index in [0.717, 1.165) is 10.9 Å². The second-order valence-electron chi connectivity index (χ2n) is 2.86. The molecule has 0 unspecified atom stereocenters. The highest BCUT2D eigenvalue weighted by Gasteiger charge is 2.18. The van der Waals surface area contributed by atoms with Crippen molar-refractivity contribution in [2.75, 3.05) is 0 Å². The number of nitrogens with zero attached hydrogens (tertiary/aromatic N) is 3. The van der Waals surface area contributed by atoms with E-state index in [1.54, 1.807) is 0 Å². The number of hydrogen-bond donors (Lipinski definition) is 0. The summed E-state index contributed by atoms with van der Waals surface area (Å²) in [6, 6.07) is 4.03. The lowest BCUT2D eigenvalue weighted by Gasteiger charge is -1.94. The summed E-state index contributed by atoms with van der Waals surface area (Å²) in [6.07, 6.45) is 1.06. The normalized spacial score (nSPS) is 10.3. The molecule has 7 nitrogen and oxygen atoms in total. The van der Waals surface area contributed by atoms with Crippen molar-refractivity contribution in [1.82, 2.24) is 5.27 Å². The van der Waals surface area contributed by atoms with Gasteiger partial charge >= 0.3 is 0 Å². The van der Waals surface area contributed by atoms with E-state index in [2.05, 4.69) is 9.79 Å². The van der Waals surface area contributed by atoms with Gasteiger partial charge in [0.2, 0.25) is 11.9 Å². The van der Waals surface area contributed by atoms with Crippen molar-refractivity contribution in [1.29, 1.82) is 0 Å². The first-order valence-corrected chi connectivity index (χ1v) is 4.46. The van der Waals surface area contributed by atoms with Crippen molar-refractivity contribution in [3.8, 4) is 11.6 Å². The third-order valence-electron chi connectivity index (χ3n) is 1.84. The van der Waals surface area contributed by atoms with E-state index >= 15 is 0 Å². The summed E-state index contributed by atoms with van der Waals surface area (Å²) < 4.78 is 5.39. The van der Waals surface area contributed by atoms with Gasteiger partial charge < -0.3 is 9.63 Å². The number of nitro benzene ring substituents is 1. The lowest BCUT2D eigenvalue weighted by molar-refractivity contribution is -0.670. The molecule has 0 aliphatic heterocycles. The summed E-state index contributed by atoms with van der Waals surface area (Å²) in [7, 11) is 0. The maximum atomic E-state index is 10.7. The van der Waals surface area contributed by atoms with Crippen LogP contribution in [0.5, 0.6) is 5.95 Å². The van der Waals surface area contributed by atoms with Gasteiger partial charge in [-0.2, -0.15) is 0 Å². The van der Waals surface area contributed by atoms with Gasteiger partial charge in [-0.3, -0.25) is 10.1 Å². The molecule has 0 radical (unpaired) electrons. The molecule has 16 heavy (non-hydrogen) atoms. The first-order chi connectivity index (χ1) is 7.58. The second kappa shape index (κ2) is 3.78. The Bertz CT molecular complexity index is 554. The van der Waals surface area contributed by atoms with Gasteiger partial charge in [0.1, 0.15) is 11.0 Å². The van der Waals surface area contributed by atoms with E-state index in [-0.39, 0.29) is 10.7 Å². The van der Waals surface area contributed by atoms with Crippen LogP contribution in [0.3, 0.4) is 0 Å². The van der Waals surface area contributed by atoms with Crippen LogP contribution in [0.1, 0.15) is 0 Å². The molecule has 0 aliphatic rings. The van der Waals surface area contributed by atoms with E-state index in [0.29, 0.717) is 5.69 Å². The zero-order valence-electron chi connectivity index (χ0n) is 7.66. The van der Waals surface area contributed by atoms with Crippen molar-refractivity contribution in [2.45, 2.75) is 0 Å². The molecule has 0 spiro atoms. The molecule has 8 heteroatoms. The first kappa shape index (κ1) is 10.4. The molecule has 82 valence electrons. The molecule has 0 atom stereocenters. The molecule has 0 saturated heterocycles. The fourth-order valence-electron chi connectivity index (χ4n) is 1.14. The van der Waals surface area contributed by atoms with Gasteiger partial charge in [0, 0.05) is 6.07 Å². The summed E-state index contributed by atoms with van der Waals surface area (Å²) in [5.41, 5.74) is 0.0593. The van der Waals surface area contributed by atoms with Crippen LogP contribution in [0.2, 0.25) is 5.02 Å². The van der Waals surface area contributed by atoms with E-state index in [1.807, 2.05) is 0 Å². The Morgan fingerprint density at radius 2 is 2.25 bits per heavy atom. The summed E-state index contributed by atoms with van der Waals surface area (Å²) in [4.78, 5) is 10.00. The Hall–Kier alpha value is -2.15. The topological polar surface area (TPSA) is 96.1 Å². The van der Waals surface area contributed by atoms with Gasteiger partial charge in [0.15, 0.2) is 0 Å². The standard InChI is InChI=1S/C8H4ClN3O4/c9-6-2-1-5(3-7(6)12(14)15)11-4-8(13)16-10-11/h1-4H. The van der Waals surface area contributed by atoms with E-state index in [1.165, 1.54) is 18.2 Å². The summed E-state index contributed by atoms with van der Waals surface area (Å²) >= 11 is 5.63. The summed E-state index contributed by atoms with van der Waals surface area (Å²) in [5.74, 6) is -0.641. The molecule has 0 bridgehead atoms. The highest BCUT2D eigenvalue weighted by molar-refractivity contribution is 6.32. The Morgan fingerprint density at radius 3 is 2.81 bits per heavy atom. The Balaban J connectivity index is 2.51. The van der Waals surface area contributed by atoms with Crippen LogP contribution < -0.4 is 9.79 Å². The van der Waals surface area contributed by atoms with Gasteiger partial charge in [-0.05, 0) is 10.7 Å². The monoisotopic (exact) mass is 241 g/mol. The number of nitro groups is 1. The minimum absolute atomic E-state index is 0.0141. The number of rotatable bonds is 2. The quantitative estimate of drug-likeness (QED) is 0.435. The fraction of sp³-hybridized carbons (Fsp3) is 0. The fourth-order valence-corrected chi connectivity index (χ4v) is 1.32. The van der Waals surface area contributed by atoms with Crippen molar-refractivity contribution >= 4 is 17.3 Å². The molecular weight excluding hydrogens is 238 g/mol. The zero-order chi connectivity index (χ0) is 11.7. The van der Waals surface area contributed by atoms with Crippen LogP contribution in [0.25, 0.3) is 5.69 Å². The van der Waals surface area contributed by atoms with Gasteiger partial charge in [-0.15, -0.1) is 0 Å². The average Bonchev–Trinajstić information content (AvgIpc) is 2.65. The minimum Gasteiger partial charge on any atom is -0.539 e. The van der Waals surface area contributed by atoms with Gasteiger partial charge in [-0.1, -0.05) is 11.6 Å². The predicted octanol–water partition coefficient (Wildman–Crippen LogP) is 0.586. The maximum absolute atomic E-state index is 10.7. The van der Waals surface area contributed by atoms with Crippen molar-refractivity contribution in [3.63, 3.8) is 0 Å². The largest absolute Gasteiger partial charge is 0.539 e. The lowest BCUT2D eigenvalue weighted by Crippen LogP contribution is -2.31. The summed E-state index contributed by atoms with van der Waals surface area (Å²) in [5, 5.41) is 24.7. The Morgan fingerprint density at radius 1 is 1.50 bits per heavy atom. The van der Waals surface area contributed by atoms with Crippen LogP contribution in [-0.2, 0) is 0 Å². The van der Waals surface area contributed by atoms with E-state index in [9.17, 15) is 15.2 Å². The number of halogens is 1. The molecular formula is C8H4ClN3O4. The van der Waals surface area contributed by atoms with Crippen molar-refractivity contribution in [2.24, 2.45) is 0 Å². The molecule has 0 fully saturated rings. The van der Waals surface area contributed by atoms with E-state index < -0.39 is 10.9 Å². The van der Waals surface area contributed by atoms with Gasteiger partial charge in [0.25, 0.3) is 5.69 Å². The Kier molecular flexibility index (Phi) is 2.45. The van der Waals surface area contributed by atoms with Crippen molar-refractivity contribution < 1.29 is 19.2 Å².